The molecule has 4 nitrogen and oxygen atoms in total. The molecular weight excluding hydrogens is 294 g/mol. The molecule has 0 atom stereocenters. The molecule has 18 heavy (non-hydrogen) atoms. The molecule has 2 aromatic rings. The minimum atomic E-state index is 0.0994. The van der Waals surface area contributed by atoms with Crippen molar-refractivity contribution in [1.82, 2.24) is 14.9 Å². The van der Waals surface area contributed by atoms with Crippen molar-refractivity contribution in [2.45, 2.75) is 19.4 Å². The summed E-state index contributed by atoms with van der Waals surface area (Å²) in [6.45, 7) is 1.58. The second-order valence-electron chi connectivity index (χ2n) is 4.07. The smallest absolute Gasteiger partial charge is 0.220 e. The number of amides is 1. The highest BCUT2D eigenvalue weighted by Gasteiger charge is 2.02. The van der Waals surface area contributed by atoms with Crippen LogP contribution in [0.2, 0.25) is 0 Å². The lowest BCUT2D eigenvalue weighted by atomic mass is 10.3. The van der Waals surface area contributed by atoms with Gasteiger partial charge in [-0.2, -0.15) is 0 Å². The van der Waals surface area contributed by atoms with Gasteiger partial charge in [0.15, 0.2) is 0 Å². The van der Waals surface area contributed by atoms with E-state index in [1.54, 1.807) is 0 Å². The summed E-state index contributed by atoms with van der Waals surface area (Å²) in [4.78, 5) is 15.6. The molecule has 0 saturated carbocycles. The molecule has 1 heterocycles. The molecule has 2 rings (SSSR count). The van der Waals surface area contributed by atoms with E-state index in [9.17, 15) is 4.79 Å². The van der Waals surface area contributed by atoms with Gasteiger partial charge >= 0.3 is 0 Å². The molecule has 1 aromatic heterocycles. The largest absolute Gasteiger partial charge is 0.356 e. The first-order valence-corrected chi connectivity index (χ1v) is 7.16. The maximum absolute atomic E-state index is 11.3. The zero-order valence-corrected chi connectivity index (χ0v) is 11.7. The quantitative estimate of drug-likeness (QED) is 0.657. The van der Waals surface area contributed by atoms with Gasteiger partial charge in [-0.1, -0.05) is 28.1 Å². The van der Waals surface area contributed by atoms with Crippen molar-refractivity contribution in [3.05, 3.63) is 30.6 Å². The summed E-state index contributed by atoms with van der Waals surface area (Å²) in [5.41, 5.74) is 2.16. The highest BCUT2D eigenvalue weighted by atomic mass is 79.9. The number of imidazole rings is 1. The van der Waals surface area contributed by atoms with Gasteiger partial charge in [0.25, 0.3) is 0 Å². The molecule has 0 spiro atoms. The van der Waals surface area contributed by atoms with Gasteiger partial charge in [0, 0.05) is 24.8 Å². The van der Waals surface area contributed by atoms with E-state index in [0.29, 0.717) is 18.3 Å². The fourth-order valence-electron chi connectivity index (χ4n) is 1.84. The summed E-state index contributed by atoms with van der Waals surface area (Å²) in [7, 11) is 0. The minimum Gasteiger partial charge on any atom is -0.356 e. The van der Waals surface area contributed by atoms with Gasteiger partial charge in [0.2, 0.25) is 5.91 Å². The second kappa shape index (κ2) is 6.54. The van der Waals surface area contributed by atoms with Gasteiger partial charge in [-0.15, -0.1) is 0 Å². The summed E-state index contributed by atoms with van der Waals surface area (Å²) < 4.78 is 2.12. The van der Waals surface area contributed by atoms with Gasteiger partial charge in [-0.3, -0.25) is 4.79 Å². The first-order chi connectivity index (χ1) is 8.81. The molecule has 0 unspecified atom stereocenters. The van der Waals surface area contributed by atoms with E-state index in [-0.39, 0.29) is 5.91 Å². The van der Waals surface area contributed by atoms with Crippen LogP contribution in [-0.2, 0) is 11.3 Å². The third-order valence-electron chi connectivity index (χ3n) is 2.75. The van der Waals surface area contributed by atoms with Gasteiger partial charge < -0.3 is 9.88 Å². The van der Waals surface area contributed by atoms with Crippen LogP contribution in [0.3, 0.4) is 0 Å². The zero-order valence-electron chi connectivity index (χ0n) is 10.1. The number of hydrogen-bond donors (Lipinski definition) is 1. The molecule has 1 amide bonds. The summed E-state index contributed by atoms with van der Waals surface area (Å²) in [6, 6.07) is 8.06. The molecule has 0 aliphatic heterocycles. The maximum Gasteiger partial charge on any atom is 0.220 e. The Morgan fingerprint density at radius 1 is 1.39 bits per heavy atom. The van der Waals surface area contributed by atoms with Crippen LogP contribution in [0.15, 0.2) is 30.6 Å². The fraction of sp³-hybridized carbons (Fsp3) is 0.385. The average molecular weight is 310 g/mol. The van der Waals surface area contributed by atoms with E-state index in [1.165, 1.54) is 0 Å². The number of nitrogens with zero attached hydrogens (tertiary/aromatic N) is 2. The minimum absolute atomic E-state index is 0.0994. The lowest BCUT2D eigenvalue weighted by molar-refractivity contribution is -0.120. The second-order valence-corrected chi connectivity index (χ2v) is 4.86. The lowest BCUT2D eigenvalue weighted by Crippen LogP contribution is -2.25. The number of benzene rings is 1. The number of alkyl halides is 1. The Morgan fingerprint density at radius 3 is 3.06 bits per heavy atom. The number of aromatic nitrogens is 2. The van der Waals surface area contributed by atoms with Crippen molar-refractivity contribution < 1.29 is 4.79 Å². The van der Waals surface area contributed by atoms with Crippen LogP contribution in [0.25, 0.3) is 11.0 Å². The lowest BCUT2D eigenvalue weighted by Gasteiger charge is -2.05. The van der Waals surface area contributed by atoms with Crippen LogP contribution in [0.4, 0.5) is 0 Å². The number of aryl methyl sites for hydroxylation is 1. The van der Waals surface area contributed by atoms with Crippen LogP contribution < -0.4 is 5.32 Å². The Kier molecular flexibility index (Phi) is 4.75. The van der Waals surface area contributed by atoms with E-state index in [4.69, 9.17) is 0 Å². The third kappa shape index (κ3) is 3.32. The van der Waals surface area contributed by atoms with Crippen molar-refractivity contribution in [1.29, 1.82) is 0 Å². The van der Waals surface area contributed by atoms with E-state index < -0.39 is 0 Å². The van der Waals surface area contributed by atoms with Crippen LogP contribution in [-0.4, -0.2) is 27.3 Å². The number of carbonyl (C=O) groups excluding carboxylic acids is 1. The summed E-state index contributed by atoms with van der Waals surface area (Å²) in [5.74, 6) is 0.0994. The molecule has 0 radical (unpaired) electrons. The van der Waals surface area contributed by atoms with Crippen LogP contribution in [0.1, 0.15) is 12.8 Å². The van der Waals surface area contributed by atoms with Gasteiger partial charge in [0.1, 0.15) is 0 Å². The van der Waals surface area contributed by atoms with Crippen molar-refractivity contribution in [3.8, 4) is 0 Å². The third-order valence-corrected chi connectivity index (χ3v) is 3.14. The topological polar surface area (TPSA) is 46.9 Å². The number of nitrogens with one attached hydrogen (secondary N) is 1. The van der Waals surface area contributed by atoms with Crippen molar-refractivity contribution >= 4 is 32.9 Å². The van der Waals surface area contributed by atoms with Gasteiger partial charge in [0.05, 0.1) is 17.4 Å². The molecule has 0 saturated heterocycles. The molecular formula is C13H16BrN3O. The van der Waals surface area contributed by atoms with Crippen molar-refractivity contribution in [2.24, 2.45) is 0 Å². The Hall–Kier alpha value is -1.36. The Bertz CT molecular complexity index is 524. The van der Waals surface area contributed by atoms with Gasteiger partial charge in [-0.25, -0.2) is 4.98 Å². The first-order valence-electron chi connectivity index (χ1n) is 6.04. The van der Waals surface area contributed by atoms with Gasteiger partial charge in [-0.05, 0) is 18.6 Å². The summed E-state index contributed by atoms with van der Waals surface area (Å²) in [5, 5.41) is 3.60. The summed E-state index contributed by atoms with van der Waals surface area (Å²) in [6.07, 6.45) is 3.30. The number of para-hydroxylation sites is 2. The number of halogens is 1. The Balaban J connectivity index is 1.82. The molecule has 0 bridgehead atoms. The molecule has 96 valence electrons. The molecule has 5 heteroatoms. The molecule has 0 aliphatic carbocycles. The molecule has 1 N–H and O–H groups in total. The number of carbonyl (C=O) groups is 1. The molecule has 0 aliphatic rings. The number of hydrogen-bond acceptors (Lipinski definition) is 2. The SMILES string of the molecule is O=C(CCBr)NCCCn1cnc2ccccc21. The summed E-state index contributed by atoms with van der Waals surface area (Å²) >= 11 is 3.24. The van der Waals surface area contributed by atoms with E-state index >= 15 is 0 Å². The van der Waals surface area contributed by atoms with Crippen LogP contribution in [0, 0.1) is 0 Å². The predicted octanol–water partition coefficient (Wildman–Crippen LogP) is 2.33. The Labute approximate surface area is 115 Å². The number of rotatable bonds is 6. The highest BCUT2D eigenvalue weighted by molar-refractivity contribution is 9.09. The average Bonchev–Trinajstić information content (AvgIpc) is 2.78. The van der Waals surface area contributed by atoms with E-state index in [2.05, 4.69) is 36.9 Å². The van der Waals surface area contributed by atoms with Crippen molar-refractivity contribution in [3.63, 3.8) is 0 Å². The Morgan fingerprint density at radius 2 is 2.22 bits per heavy atom. The van der Waals surface area contributed by atoms with Crippen LogP contribution >= 0.6 is 15.9 Å². The highest BCUT2D eigenvalue weighted by Crippen LogP contribution is 2.11. The fourth-order valence-corrected chi connectivity index (χ4v) is 2.20. The number of fused-ring (bicyclic) bond motifs is 1. The monoisotopic (exact) mass is 309 g/mol. The molecule has 1 aromatic carbocycles. The van der Waals surface area contributed by atoms with E-state index in [1.807, 2.05) is 24.5 Å². The maximum atomic E-state index is 11.3. The molecule has 0 fully saturated rings. The normalized spacial score (nSPS) is 10.7. The van der Waals surface area contributed by atoms with E-state index in [0.717, 1.165) is 24.0 Å². The predicted molar refractivity (Wildman–Crippen MR) is 75.8 cm³/mol. The van der Waals surface area contributed by atoms with Crippen molar-refractivity contribution in [2.75, 3.05) is 11.9 Å². The first kappa shape index (κ1) is 13.1. The standard InChI is InChI=1S/C13H16BrN3O/c14-7-6-13(18)15-8-3-9-17-10-16-11-4-1-2-5-12(11)17/h1-2,4-5,10H,3,6-9H2,(H,15,18). The zero-order chi connectivity index (χ0) is 12.8. The van der Waals surface area contributed by atoms with Crippen LogP contribution in [0.5, 0.6) is 0 Å².